The highest BCUT2D eigenvalue weighted by Crippen LogP contribution is 2.27. The summed E-state index contributed by atoms with van der Waals surface area (Å²) in [5.74, 6) is -0.555. The van der Waals surface area contributed by atoms with Crippen molar-refractivity contribution in [1.82, 2.24) is 9.80 Å². The lowest BCUT2D eigenvalue weighted by molar-refractivity contribution is -0.133. The second kappa shape index (κ2) is 11.9. The van der Waals surface area contributed by atoms with Crippen molar-refractivity contribution in [3.8, 4) is 5.75 Å². The third-order valence-electron chi connectivity index (χ3n) is 6.19. The van der Waals surface area contributed by atoms with E-state index in [4.69, 9.17) is 9.47 Å². The molecular weight excluding hydrogens is 467 g/mol. The van der Waals surface area contributed by atoms with Gasteiger partial charge in [0, 0.05) is 57.5 Å². The van der Waals surface area contributed by atoms with E-state index in [0.717, 1.165) is 0 Å². The van der Waals surface area contributed by atoms with Crippen LogP contribution in [0.15, 0.2) is 42.5 Å². The number of fused-ring (bicyclic) bond motifs is 1. The molecule has 0 bridgehead atoms. The summed E-state index contributed by atoms with van der Waals surface area (Å²) in [4.78, 5) is 41.4. The number of hydrogen-bond acceptors (Lipinski definition) is 5. The lowest BCUT2D eigenvalue weighted by Crippen LogP contribution is -2.48. The standard InChI is InChI=1S/C26H33FN4O5/c1-16-13-31(18(3)32)17(2)15-36-23-12-21(29-26(34)28-20-8-6-7-19(27)11-20)9-10-22(23)25(33)30(4)14-24(16)35-5/h6-12,16-17,24H,13-15H2,1-5H3,(H2,28,29,34)/t16-,17+,24+/m1/s1. The molecule has 0 spiro atoms. The van der Waals surface area contributed by atoms with E-state index in [9.17, 15) is 18.8 Å². The molecule has 1 aliphatic heterocycles. The normalized spacial score (nSPS) is 20.9. The van der Waals surface area contributed by atoms with Crippen LogP contribution in [-0.2, 0) is 9.53 Å². The van der Waals surface area contributed by atoms with Crippen molar-refractivity contribution in [2.75, 3.05) is 44.5 Å². The van der Waals surface area contributed by atoms with Gasteiger partial charge in [0.15, 0.2) is 0 Å². The minimum atomic E-state index is -0.579. The maximum absolute atomic E-state index is 13.4. The molecule has 2 aromatic rings. The number of likely N-dealkylation sites (N-methyl/N-ethyl adjacent to an activating group) is 1. The van der Waals surface area contributed by atoms with Gasteiger partial charge in [-0.3, -0.25) is 9.59 Å². The summed E-state index contributed by atoms with van der Waals surface area (Å²) >= 11 is 0. The van der Waals surface area contributed by atoms with Crippen LogP contribution in [0.1, 0.15) is 31.1 Å². The van der Waals surface area contributed by atoms with E-state index in [1.807, 2.05) is 13.8 Å². The molecule has 10 heteroatoms. The van der Waals surface area contributed by atoms with Crippen molar-refractivity contribution in [2.24, 2.45) is 5.92 Å². The zero-order valence-electron chi connectivity index (χ0n) is 21.2. The van der Waals surface area contributed by atoms with Crippen molar-refractivity contribution < 1.29 is 28.2 Å². The Bertz CT molecular complexity index is 1110. The highest BCUT2D eigenvalue weighted by Gasteiger charge is 2.29. The monoisotopic (exact) mass is 500 g/mol. The summed E-state index contributed by atoms with van der Waals surface area (Å²) in [6.45, 7) is 6.31. The largest absolute Gasteiger partial charge is 0.491 e. The molecule has 0 fully saturated rings. The van der Waals surface area contributed by atoms with Crippen molar-refractivity contribution in [2.45, 2.75) is 32.9 Å². The number of carbonyl (C=O) groups excluding carboxylic acids is 3. The fourth-order valence-electron chi connectivity index (χ4n) is 4.15. The molecule has 0 saturated heterocycles. The Balaban J connectivity index is 1.87. The van der Waals surface area contributed by atoms with E-state index in [2.05, 4.69) is 10.6 Å². The second-order valence-electron chi connectivity index (χ2n) is 9.07. The van der Waals surface area contributed by atoms with Gasteiger partial charge in [0.1, 0.15) is 18.2 Å². The van der Waals surface area contributed by atoms with Crippen LogP contribution < -0.4 is 15.4 Å². The molecule has 2 N–H and O–H groups in total. The molecule has 3 rings (SSSR count). The first-order chi connectivity index (χ1) is 17.1. The number of nitrogens with one attached hydrogen (secondary N) is 2. The van der Waals surface area contributed by atoms with Gasteiger partial charge in [0.2, 0.25) is 5.91 Å². The van der Waals surface area contributed by atoms with Crippen LogP contribution in [0.2, 0.25) is 0 Å². The van der Waals surface area contributed by atoms with E-state index in [-0.39, 0.29) is 42.2 Å². The second-order valence-corrected chi connectivity index (χ2v) is 9.07. The topological polar surface area (TPSA) is 100 Å². The van der Waals surface area contributed by atoms with Gasteiger partial charge in [0.05, 0.1) is 17.7 Å². The summed E-state index contributed by atoms with van der Waals surface area (Å²) < 4.78 is 25.1. The van der Waals surface area contributed by atoms with Gasteiger partial charge < -0.3 is 29.9 Å². The third-order valence-corrected chi connectivity index (χ3v) is 6.19. The van der Waals surface area contributed by atoms with E-state index in [0.29, 0.717) is 30.0 Å². The SMILES string of the molecule is CO[C@H]1CN(C)C(=O)c2ccc(NC(=O)Nc3cccc(F)c3)cc2OC[C@H](C)N(C(C)=O)C[C@H]1C. The molecule has 194 valence electrons. The number of urea groups is 1. The average Bonchev–Trinajstić information content (AvgIpc) is 2.82. The van der Waals surface area contributed by atoms with Crippen LogP contribution in [0.5, 0.6) is 5.75 Å². The maximum atomic E-state index is 13.4. The van der Waals surface area contributed by atoms with Gasteiger partial charge in [-0.2, -0.15) is 0 Å². The number of amides is 4. The molecule has 4 amide bonds. The van der Waals surface area contributed by atoms with Crippen LogP contribution in [-0.4, -0.2) is 73.6 Å². The zero-order valence-corrected chi connectivity index (χ0v) is 21.2. The highest BCUT2D eigenvalue weighted by molar-refractivity contribution is 6.01. The molecule has 0 aromatic heterocycles. The Kier molecular flexibility index (Phi) is 8.87. The first kappa shape index (κ1) is 26.9. The molecule has 0 saturated carbocycles. The lowest BCUT2D eigenvalue weighted by Gasteiger charge is -2.35. The lowest BCUT2D eigenvalue weighted by atomic mass is 10.0. The molecule has 1 heterocycles. The highest BCUT2D eigenvalue weighted by atomic mass is 19.1. The Morgan fingerprint density at radius 1 is 1.08 bits per heavy atom. The van der Waals surface area contributed by atoms with E-state index < -0.39 is 11.8 Å². The van der Waals surface area contributed by atoms with Crippen LogP contribution in [0.25, 0.3) is 0 Å². The van der Waals surface area contributed by atoms with E-state index >= 15 is 0 Å². The van der Waals surface area contributed by atoms with Crippen molar-refractivity contribution in [3.63, 3.8) is 0 Å². The Morgan fingerprint density at radius 2 is 1.78 bits per heavy atom. The minimum Gasteiger partial charge on any atom is -0.491 e. The van der Waals surface area contributed by atoms with Gasteiger partial charge >= 0.3 is 6.03 Å². The quantitative estimate of drug-likeness (QED) is 0.668. The smallest absolute Gasteiger partial charge is 0.323 e. The summed E-state index contributed by atoms with van der Waals surface area (Å²) in [5, 5.41) is 5.23. The molecule has 0 radical (unpaired) electrons. The molecule has 3 atom stereocenters. The number of rotatable bonds is 3. The minimum absolute atomic E-state index is 0.0151. The zero-order chi connectivity index (χ0) is 26.4. The molecule has 36 heavy (non-hydrogen) atoms. The van der Waals surface area contributed by atoms with Crippen LogP contribution in [0, 0.1) is 11.7 Å². The number of anilines is 2. The summed E-state index contributed by atoms with van der Waals surface area (Å²) in [6, 6.07) is 9.41. The number of ether oxygens (including phenoxy) is 2. The number of benzene rings is 2. The molecule has 1 aliphatic rings. The fourth-order valence-corrected chi connectivity index (χ4v) is 4.15. The molecule has 2 aromatic carbocycles. The van der Waals surface area contributed by atoms with Crippen LogP contribution in [0.3, 0.4) is 0 Å². The predicted octanol–water partition coefficient (Wildman–Crippen LogP) is 3.82. The van der Waals surface area contributed by atoms with Crippen molar-refractivity contribution in [1.29, 1.82) is 0 Å². The van der Waals surface area contributed by atoms with Gasteiger partial charge in [0.25, 0.3) is 5.91 Å². The first-order valence-corrected chi connectivity index (χ1v) is 11.7. The third kappa shape index (κ3) is 6.72. The number of halogens is 1. The molecule has 9 nitrogen and oxygen atoms in total. The summed E-state index contributed by atoms with van der Waals surface area (Å²) in [5.41, 5.74) is 0.995. The summed E-state index contributed by atoms with van der Waals surface area (Å²) in [6.07, 6.45) is -0.274. The number of hydrogen-bond donors (Lipinski definition) is 2. The number of carbonyl (C=O) groups is 3. The number of nitrogens with zero attached hydrogens (tertiary/aromatic N) is 2. The summed E-state index contributed by atoms with van der Waals surface area (Å²) in [7, 11) is 3.28. The number of methoxy groups -OCH3 is 1. The molecule has 0 unspecified atom stereocenters. The van der Waals surface area contributed by atoms with E-state index in [1.54, 1.807) is 48.2 Å². The molecular formula is C26H33FN4O5. The fraction of sp³-hybridized carbons (Fsp3) is 0.423. The van der Waals surface area contributed by atoms with Gasteiger partial charge in [-0.05, 0) is 37.3 Å². The Hall–Kier alpha value is -3.66. The van der Waals surface area contributed by atoms with Crippen LogP contribution in [0.4, 0.5) is 20.6 Å². The van der Waals surface area contributed by atoms with Gasteiger partial charge in [-0.1, -0.05) is 13.0 Å². The average molecular weight is 501 g/mol. The van der Waals surface area contributed by atoms with Gasteiger partial charge in [-0.15, -0.1) is 0 Å². The predicted molar refractivity (Wildman–Crippen MR) is 135 cm³/mol. The van der Waals surface area contributed by atoms with E-state index in [1.165, 1.54) is 25.1 Å². The first-order valence-electron chi connectivity index (χ1n) is 11.7. The van der Waals surface area contributed by atoms with Crippen molar-refractivity contribution >= 4 is 29.2 Å². The Morgan fingerprint density at radius 3 is 2.42 bits per heavy atom. The maximum Gasteiger partial charge on any atom is 0.323 e. The Labute approximate surface area is 210 Å². The molecule has 0 aliphatic carbocycles. The van der Waals surface area contributed by atoms with Crippen LogP contribution >= 0.6 is 0 Å². The van der Waals surface area contributed by atoms with Crippen molar-refractivity contribution in [3.05, 3.63) is 53.8 Å². The van der Waals surface area contributed by atoms with Gasteiger partial charge in [-0.25, -0.2) is 9.18 Å².